The molecule has 3 atom stereocenters. The number of H-pyrrole nitrogens is 1. The van der Waals surface area contributed by atoms with E-state index in [-0.39, 0.29) is 61.9 Å². The smallest absolute Gasteiger partial charge is 0.257 e. The van der Waals surface area contributed by atoms with E-state index < -0.39 is 54.2 Å². The number of aromatic amines is 1. The molecule has 0 spiro atoms. The lowest BCUT2D eigenvalue weighted by atomic mass is 10.0. The molecule has 1 aliphatic heterocycles. The summed E-state index contributed by atoms with van der Waals surface area (Å²) in [6.07, 6.45) is 17.8. The van der Waals surface area contributed by atoms with Gasteiger partial charge in [0.15, 0.2) is 5.96 Å². The second kappa shape index (κ2) is 25.6. The monoisotopic (exact) mass is 843 g/mol. The first kappa shape index (κ1) is 47.7. The standard InChI is InChI=1S/C45H66N10O6/c1-2-3-4-5-6-7-8-9-10-11-12-13-14-25-39(56)51-29-38-43(60)53-35-23-18-16-21-33(35)44(61)55(38)30-40(57)52-36(24-19-26-49-45(47)48)42(59)54-37(41(46)58)27-31-28-50-34-22-17-15-20-32(31)34/h15-18,20-23,28,36-38,50H,2-14,19,24-27,29-30H2,1H3,(H2,46,58)(H,51,56)(H,52,57)(H,53,60)(H,54,59)(H4,47,48,49)/t36-,37-,38-/m0/s1. The van der Waals surface area contributed by atoms with Gasteiger partial charge in [-0.25, -0.2) is 0 Å². The molecule has 0 saturated carbocycles. The number of carbonyl (C=O) groups excluding carboxylic acids is 6. The molecule has 16 nitrogen and oxygen atoms in total. The molecule has 16 heteroatoms. The Morgan fingerprint density at radius 3 is 2.08 bits per heavy atom. The number of anilines is 1. The van der Waals surface area contributed by atoms with Crippen molar-refractivity contribution < 1.29 is 28.8 Å². The summed E-state index contributed by atoms with van der Waals surface area (Å²) in [6, 6.07) is 10.4. The fourth-order valence-electron chi connectivity index (χ4n) is 7.60. The average Bonchev–Trinajstić information content (AvgIpc) is 3.61. The van der Waals surface area contributed by atoms with Gasteiger partial charge in [0, 0.05) is 43.0 Å². The van der Waals surface area contributed by atoms with Crippen molar-refractivity contribution in [2.75, 3.05) is 25.0 Å². The molecule has 0 saturated heterocycles. The summed E-state index contributed by atoms with van der Waals surface area (Å²) in [6.45, 7) is 1.54. The number of hydrogen-bond acceptors (Lipinski definition) is 7. The minimum absolute atomic E-state index is 0.0584. The number of rotatable bonds is 28. The SMILES string of the molecule is CCCCCCCCCCCCCCCC(=O)NC[C@H]1C(=O)Nc2ccccc2C(=O)N1CC(=O)N[C@@H](CCCN=C(N)N)C(=O)N[C@@H](Cc1c[nH]c2ccccc12)C(N)=O. The Morgan fingerprint density at radius 1 is 0.770 bits per heavy atom. The molecule has 61 heavy (non-hydrogen) atoms. The average molecular weight is 843 g/mol. The number of aliphatic imine (C=N–C) groups is 1. The zero-order valence-corrected chi connectivity index (χ0v) is 35.6. The number of guanidine groups is 1. The third-order valence-corrected chi connectivity index (χ3v) is 11.0. The van der Waals surface area contributed by atoms with E-state index >= 15 is 0 Å². The van der Waals surface area contributed by atoms with Crippen molar-refractivity contribution in [3.8, 4) is 0 Å². The number of nitrogens with two attached hydrogens (primary N) is 3. The first-order valence-electron chi connectivity index (χ1n) is 22.0. The molecule has 0 bridgehead atoms. The highest BCUT2D eigenvalue weighted by Gasteiger charge is 2.37. The summed E-state index contributed by atoms with van der Waals surface area (Å²) in [5.41, 5.74) is 18.8. The highest BCUT2D eigenvalue weighted by molar-refractivity contribution is 6.11. The van der Waals surface area contributed by atoms with Crippen molar-refractivity contribution in [1.82, 2.24) is 25.8 Å². The summed E-state index contributed by atoms with van der Waals surface area (Å²) in [7, 11) is 0. The molecular formula is C45H66N10O6. The Hall–Kier alpha value is -5.93. The lowest BCUT2D eigenvalue weighted by Crippen LogP contribution is -2.57. The van der Waals surface area contributed by atoms with E-state index in [4.69, 9.17) is 17.2 Å². The maximum atomic E-state index is 14.0. The van der Waals surface area contributed by atoms with Crippen molar-refractivity contribution in [1.29, 1.82) is 0 Å². The quantitative estimate of drug-likeness (QED) is 0.0297. The molecule has 332 valence electrons. The normalized spacial score (nSPS) is 14.6. The van der Waals surface area contributed by atoms with E-state index in [1.807, 2.05) is 24.3 Å². The molecule has 0 unspecified atom stereocenters. The molecule has 0 radical (unpaired) electrons. The van der Waals surface area contributed by atoms with Crippen molar-refractivity contribution in [3.63, 3.8) is 0 Å². The fraction of sp³-hybridized carbons (Fsp3) is 0.533. The number of benzene rings is 2. The van der Waals surface area contributed by atoms with Gasteiger partial charge in [0.25, 0.3) is 5.91 Å². The summed E-state index contributed by atoms with van der Waals surface area (Å²) in [4.78, 5) is 89.1. The maximum absolute atomic E-state index is 14.0. The number of nitrogens with one attached hydrogen (secondary N) is 5. The molecule has 1 aliphatic rings. The van der Waals surface area contributed by atoms with Crippen LogP contribution in [0.2, 0.25) is 0 Å². The van der Waals surface area contributed by atoms with Gasteiger partial charge in [0.1, 0.15) is 24.7 Å². The number of fused-ring (bicyclic) bond motifs is 2. The molecule has 0 fully saturated rings. The van der Waals surface area contributed by atoms with E-state index in [0.717, 1.165) is 40.6 Å². The van der Waals surface area contributed by atoms with Crippen LogP contribution in [0, 0.1) is 0 Å². The van der Waals surface area contributed by atoms with Crippen molar-refractivity contribution in [2.45, 2.75) is 134 Å². The van der Waals surface area contributed by atoms with Crippen molar-refractivity contribution in [2.24, 2.45) is 22.2 Å². The van der Waals surface area contributed by atoms with Crippen LogP contribution in [0.15, 0.2) is 59.7 Å². The molecule has 2 heterocycles. The Morgan fingerprint density at radius 2 is 1.41 bits per heavy atom. The molecule has 3 aromatic rings. The summed E-state index contributed by atoms with van der Waals surface area (Å²) in [5.74, 6) is -3.81. The molecule has 11 N–H and O–H groups in total. The largest absolute Gasteiger partial charge is 0.370 e. The maximum Gasteiger partial charge on any atom is 0.257 e. The number of amides is 6. The number of unbranched alkanes of at least 4 members (excludes halogenated alkanes) is 12. The minimum Gasteiger partial charge on any atom is -0.370 e. The molecule has 2 aromatic carbocycles. The van der Waals surface area contributed by atoms with Crippen LogP contribution < -0.4 is 38.5 Å². The Kier molecular flexibility index (Phi) is 20.1. The van der Waals surface area contributed by atoms with E-state index in [0.29, 0.717) is 6.42 Å². The van der Waals surface area contributed by atoms with Gasteiger partial charge in [0.05, 0.1) is 11.3 Å². The Labute approximate surface area is 359 Å². The minimum atomic E-state index is -1.24. The Bertz CT molecular complexity index is 1940. The molecule has 4 rings (SSSR count). The van der Waals surface area contributed by atoms with Crippen LogP contribution in [0.4, 0.5) is 5.69 Å². The third kappa shape index (κ3) is 15.9. The third-order valence-electron chi connectivity index (χ3n) is 11.0. The first-order chi connectivity index (χ1) is 29.5. The van der Waals surface area contributed by atoms with Gasteiger partial charge in [-0.2, -0.15) is 0 Å². The van der Waals surface area contributed by atoms with Crippen LogP contribution >= 0.6 is 0 Å². The number of primary amides is 1. The van der Waals surface area contributed by atoms with Gasteiger partial charge in [-0.3, -0.25) is 33.8 Å². The second-order valence-electron chi connectivity index (χ2n) is 15.9. The van der Waals surface area contributed by atoms with E-state index in [1.54, 1.807) is 24.4 Å². The highest BCUT2D eigenvalue weighted by atomic mass is 16.2. The van der Waals surface area contributed by atoms with E-state index in [2.05, 4.69) is 38.2 Å². The molecular weight excluding hydrogens is 777 g/mol. The van der Waals surface area contributed by atoms with Gasteiger partial charge >= 0.3 is 0 Å². The van der Waals surface area contributed by atoms with Gasteiger partial charge < -0.3 is 48.4 Å². The zero-order chi connectivity index (χ0) is 44.0. The number of carbonyl (C=O) groups is 6. The lowest BCUT2D eigenvalue weighted by molar-refractivity contribution is -0.132. The van der Waals surface area contributed by atoms with Gasteiger partial charge in [-0.1, -0.05) is 114 Å². The second-order valence-corrected chi connectivity index (χ2v) is 15.9. The lowest BCUT2D eigenvalue weighted by Gasteiger charge is -2.29. The van der Waals surface area contributed by atoms with Crippen molar-refractivity contribution >= 4 is 58.0 Å². The van der Waals surface area contributed by atoms with Crippen LogP contribution in [-0.4, -0.2) is 89.0 Å². The van der Waals surface area contributed by atoms with Gasteiger partial charge in [-0.05, 0) is 43.0 Å². The summed E-state index contributed by atoms with van der Waals surface area (Å²) in [5, 5.41) is 11.8. The van der Waals surface area contributed by atoms with Crippen molar-refractivity contribution in [3.05, 3.63) is 65.9 Å². The Balaban J connectivity index is 1.37. The zero-order valence-electron chi connectivity index (χ0n) is 35.6. The predicted octanol–water partition coefficient (Wildman–Crippen LogP) is 4.28. The van der Waals surface area contributed by atoms with Crippen LogP contribution in [0.1, 0.15) is 126 Å². The van der Waals surface area contributed by atoms with E-state index in [9.17, 15) is 28.8 Å². The topological polar surface area (TPSA) is 260 Å². The van der Waals surface area contributed by atoms with Crippen LogP contribution in [0.3, 0.4) is 0 Å². The van der Waals surface area contributed by atoms with Crippen LogP contribution in [0.5, 0.6) is 0 Å². The van der Waals surface area contributed by atoms with Gasteiger partial charge in [-0.15, -0.1) is 0 Å². The predicted molar refractivity (Wildman–Crippen MR) is 238 cm³/mol. The number of hydrogen-bond donors (Lipinski definition) is 8. The molecule has 1 aromatic heterocycles. The highest BCUT2D eigenvalue weighted by Crippen LogP contribution is 2.24. The van der Waals surface area contributed by atoms with Gasteiger partial charge in [0.2, 0.25) is 29.5 Å². The summed E-state index contributed by atoms with van der Waals surface area (Å²) >= 11 is 0. The number of para-hydroxylation sites is 2. The summed E-state index contributed by atoms with van der Waals surface area (Å²) < 4.78 is 0. The molecule has 6 amide bonds. The number of aromatic nitrogens is 1. The number of nitrogens with zero attached hydrogens (tertiary/aromatic N) is 2. The van der Waals surface area contributed by atoms with E-state index in [1.165, 1.54) is 63.9 Å². The fourth-order valence-corrected chi connectivity index (χ4v) is 7.60. The van der Waals surface area contributed by atoms with Crippen LogP contribution in [-0.2, 0) is 30.4 Å². The van der Waals surface area contributed by atoms with Crippen LogP contribution in [0.25, 0.3) is 10.9 Å². The molecule has 0 aliphatic carbocycles. The first-order valence-corrected chi connectivity index (χ1v) is 22.0.